The van der Waals surface area contributed by atoms with E-state index in [1.54, 1.807) is 9.13 Å². The number of amides is 1. The molecule has 1 aromatic carbocycles. The number of hydrogen-bond donors (Lipinski definition) is 1. The van der Waals surface area contributed by atoms with Crippen molar-refractivity contribution in [1.82, 2.24) is 9.13 Å². The van der Waals surface area contributed by atoms with E-state index in [-0.39, 0.29) is 5.69 Å². The Morgan fingerprint density at radius 1 is 1.22 bits per heavy atom. The highest BCUT2D eigenvalue weighted by Gasteiger charge is 2.13. The molecule has 0 aliphatic carbocycles. The SMILES string of the molecule is CCn1c(=O)n(CC)c2cc(NC=O)c(Br)cc21. The van der Waals surface area contributed by atoms with Crippen LogP contribution in [0.15, 0.2) is 21.4 Å². The van der Waals surface area contributed by atoms with E-state index in [0.717, 1.165) is 15.5 Å². The summed E-state index contributed by atoms with van der Waals surface area (Å²) >= 11 is 3.39. The zero-order chi connectivity index (χ0) is 13.3. The van der Waals surface area contributed by atoms with Gasteiger partial charge in [-0.05, 0) is 41.9 Å². The van der Waals surface area contributed by atoms with Gasteiger partial charge in [0.15, 0.2) is 0 Å². The van der Waals surface area contributed by atoms with Gasteiger partial charge in [-0.15, -0.1) is 0 Å². The summed E-state index contributed by atoms with van der Waals surface area (Å²) in [6, 6.07) is 3.67. The average molecular weight is 312 g/mol. The number of benzene rings is 1. The fourth-order valence-electron chi connectivity index (χ4n) is 2.12. The van der Waals surface area contributed by atoms with Crippen LogP contribution < -0.4 is 11.0 Å². The fourth-order valence-corrected chi connectivity index (χ4v) is 2.57. The largest absolute Gasteiger partial charge is 0.329 e. The minimum absolute atomic E-state index is 0.0230. The number of nitrogens with one attached hydrogen (secondary N) is 1. The van der Waals surface area contributed by atoms with Crippen molar-refractivity contribution in [3.63, 3.8) is 0 Å². The van der Waals surface area contributed by atoms with Crippen molar-refractivity contribution >= 4 is 39.1 Å². The molecule has 0 saturated heterocycles. The number of anilines is 1. The molecular formula is C12H14BrN3O2. The highest BCUT2D eigenvalue weighted by Crippen LogP contribution is 2.28. The van der Waals surface area contributed by atoms with Gasteiger partial charge in [-0.3, -0.25) is 13.9 Å². The van der Waals surface area contributed by atoms with Crippen LogP contribution in [0.25, 0.3) is 11.0 Å². The lowest BCUT2D eigenvalue weighted by molar-refractivity contribution is -0.105. The summed E-state index contributed by atoms with van der Waals surface area (Å²) in [6.07, 6.45) is 0.622. The number of rotatable bonds is 4. The Morgan fingerprint density at radius 2 is 1.78 bits per heavy atom. The van der Waals surface area contributed by atoms with Gasteiger partial charge in [0.25, 0.3) is 0 Å². The molecule has 18 heavy (non-hydrogen) atoms. The summed E-state index contributed by atoms with van der Waals surface area (Å²) in [4.78, 5) is 22.7. The second-order valence-electron chi connectivity index (χ2n) is 3.85. The predicted octanol–water partition coefficient (Wildman–Crippen LogP) is 2.17. The maximum absolute atomic E-state index is 12.2. The van der Waals surface area contributed by atoms with E-state index in [2.05, 4.69) is 21.2 Å². The monoisotopic (exact) mass is 311 g/mol. The van der Waals surface area contributed by atoms with Crippen molar-refractivity contribution in [3.8, 4) is 0 Å². The van der Waals surface area contributed by atoms with Gasteiger partial charge >= 0.3 is 5.69 Å². The minimum atomic E-state index is -0.0230. The third-order valence-electron chi connectivity index (χ3n) is 2.95. The Labute approximate surface area is 113 Å². The Morgan fingerprint density at radius 3 is 2.28 bits per heavy atom. The smallest absolute Gasteiger partial charge is 0.328 e. The Bertz CT molecular complexity index is 657. The van der Waals surface area contributed by atoms with E-state index in [1.165, 1.54) is 0 Å². The van der Waals surface area contributed by atoms with E-state index >= 15 is 0 Å². The van der Waals surface area contributed by atoms with Crippen LogP contribution in [0.1, 0.15) is 13.8 Å². The molecule has 0 aliphatic rings. The molecule has 96 valence electrons. The molecule has 6 heteroatoms. The number of fused-ring (bicyclic) bond motifs is 1. The van der Waals surface area contributed by atoms with Crippen LogP contribution in [0.3, 0.4) is 0 Å². The molecular weight excluding hydrogens is 298 g/mol. The number of carbonyl (C=O) groups excluding carboxylic acids is 1. The van der Waals surface area contributed by atoms with Gasteiger partial charge < -0.3 is 5.32 Å². The fraction of sp³-hybridized carbons (Fsp3) is 0.333. The number of hydrogen-bond acceptors (Lipinski definition) is 2. The molecule has 2 aromatic rings. The lowest BCUT2D eigenvalue weighted by Gasteiger charge is -2.05. The number of aryl methyl sites for hydroxylation is 2. The molecule has 2 rings (SSSR count). The van der Waals surface area contributed by atoms with Gasteiger partial charge in [-0.25, -0.2) is 4.79 Å². The second-order valence-corrected chi connectivity index (χ2v) is 4.71. The third kappa shape index (κ3) is 1.86. The van der Waals surface area contributed by atoms with Crippen molar-refractivity contribution in [2.45, 2.75) is 26.9 Å². The molecule has 0 atom stereocenters. The zero-order valence-electron chi connectivity index (χ0n) is 10.2. The Hall–Kier alpha value is -1.56. The lowest BCUT2D eigenvalue weighted by Crippen LogP contribution is -2.23. The van der Waals surface area contributed by atoms with E-state index in [9.17, 15) is 9.59 Å². The molecule has 0 saturated carbocycles. The van der Waals surface area contributed by atoms with Crippen LogP contribution in [-0.2, 0) is 17.9 Å². The summed E-state index contributed by atoms with van der Waals surface area (Å²) < 4.78 is 4.17. The molecule has 0 unspecified atom stereocenters. The maximum atomic E-state index is 12.2. The van der Waals surface area contributed by atoms with Crippen LogP contribution in [-0.4, -0.2) is 15.5 Å². The first-order valence-electron chi connectivity index (χ1n) is 5.76. The summed E-state index contributed by atoms with van der Waals surface area (Å²) in [6.45, 7) is 5.09. The van der Waals surface area contributed by atoms with Gasteiger partial charge in [0.05, 0.1) is 16.7 Å². The van der Waals surface area contributed by atoms with Gasteiger partial charge in [-0.2, -0.15) is 0 Å². The highest BCUT2D eigenvalue weighted by atomic mass is 79.9. The highest BCUT2D eigenvalue weighted by molar-refractivity contribution is 9.10. The van der Waals surface area contributed by atoms with E-state index in [0.29, 0.717) is 25.2 Å². The van der Waals surface area contributed by atoms with Gasteiger partial charge in [0.1, 0.15) is 0 Å². The maximum Gasteiger partial charge on any atom is 0.329 e. The molecule has 5 nitrogen and oxygen atoms in total. The Balaban J connectivity index is 2.83. The topological polar surface area (TPSA) is 56.0 Å². The van der Waals surface area contributed by atoms with E-state index in [4.69, 9.17) is 0 Å². The van der Waals surface area contributed by atoms with Crippen molar-refractivity contribution in [1.29, 1.82) is 0 Å². The predicted molar refractivity (Wildman–Crippen MR) is 74.9 cm³/mol. The molecule has 1 heterocycles. The van der Waals surface area contributed by atoms with Gasteiger partial charge in [0, 0.05) is 17.6 Å². The van der Waals surface area contributed by atoms with E-state index < -0.39 is 0 Å². The lowest BCUT2D eigenvalue weighted by atomic mass is 10.2. The molecule has 0 bridgehead atoms. The number of nitrogens with zero attached hydrogens (tertiary/aromatic N) is 2. The van der Waals surface area contributed by atoms with Crippen molar-refractivity contribution in [3.05, 3.63) is 27.1 Å². The molecule has 0 spiro atoms. The van der Waals surface area contributed by atoms with Crippen LogP contribution in [0.4, 0.5) is 5.69 Å². The van der Waals surface area contributed by atoms with Crippen LogP contribution in [0.2, 0.25) is 0 Å². The number of aromatic nitrogens is 2. The number of halogens is 1. The molecule has 0 fully saturated rings. The number of carbonyl (C=O) groups is 1. The molecule has 1 N–H and O–H groups in total. The average Bonchev–Trinajstić information content (AvgIpc) is 2.61. The second kappa shape index (κ2) is 4.97. The van der Waals surface area contributed by atoms with Crippen LogP contribution in [0.5, 0.6) is 0 Å². The summed E-state index contributed by atoms with van der Waals surface area (Å²) in [5.41, 5.74) is 2.34. The zero-order valence-corrected chi connectivity index (χ0v) is 11.8. The minimum Gasteiger partial charge on any atom is -0.328 e. The van der Waals surface area contributed by atoms with Crippen LogP contribution >= 0.6 is 15.9 Å². The molecule has 0 aliphatic heterocycles. The first kappa shape index (κ1) is 12.9. The van der Waals surface area contributed by atoms with Crippen molar-refractivity contribution < 1.29 is 4.79 Å². The van der Waals surface area contributed by atoms with Gasteiger partial charge in [-0.1, -0.05) is 0 Å². The van der Waals surface area contributed by atoms with Gasteiger partial charge in [0.2, 0.25) is 6.41 Å². The number of imidazole rings is 1. The van der Waals surface area contributed by atoms with E-state index in [1.807, 2.05) is 26.0 Å². The molecule has 1 amide bonds. The summed E-state index contributed by atoms with van der Waals surface area (Å²) in [5.74, 6) is 0. The molecule has 0 radical (unpaired) electrons. The molecule has 1 aromatic heterocycles. The summed E-state index contributed by atoms with van der Waals surface area (Å²) in [7, 11) is 0. The first-order valence-corrected chi connectivity index (χ1v) is 6.56. The van der Waals surface area contributed by atoms with Crippen LogP contribution in [0, 0.1) is 0 Å². The third-order valence-corrected chi connectivity index (χ3v) is 3.61. The Kier molecular flexibility index (Phi) is 3.56. The van der Waals surface area contributed by atoms with Crippen molar-refractivity contribution in [2.24, 2.45) is 0 Å². The standard InChI is InChI=1S/C12H14BrN3O2/c1-3-15-10-5-8(13)9(14-7-17)6-11(10)16(4-2)12(15)18/h5-7H,3-4H2,1-2H3,(H,14,17). The first-order chi connectivity index (χ1) is 8.63. The quantitative estimate of drug-likeness (QED) is 0.880. The summed E-state index contributed by atoms with van der Waals surface area (Å²) in [5, 5.41) is 2.61. The normalized spacial score (nSPS) is 10.8. The van der Waals surface area contributed by atoms with Crippen molar-refractivity contribution in [2.75, 3.05) is 5.32 Å².